The van der Waals surface area contributed by atoms with Gasteiger partial charge in [-0.2, -0.15) is 0 Å². The number of aromatic nitrogens is 1. The summed E-state index contributed by atoms with van der Waals surface area (Å²) in [5, 5.41) is 0.755. The molecule has 28 heavy (non-hydrogen) atoms. The normalized spacial score (nSPS) is 14.7. The predicted molar refractivity (Wildman–Crippen MR) is 127 cm³/mol. The van der Waals surface area contributed by atoms with Crippen LogP contribution in [-0.4, -0.2) is 48.2 Å². The molecule has 0 atom stereocenters. The van der Waals surface area contributed by atoms with Gasteiger partial charge in [0.1, 0.15) is 0 Å². The second kappa shape index (κ2) is 11.3. The summed E-state index contributed by atoms with van der Waals surface area (Å²) in [6.45, 7) is 4.94. The Labute approximate surface area is 188 Å². The van der Waals surface area contributed by atoms with Gasteiger partial charge >= 0.3 is 0 Å². The van der Waals surface area contributed by atoms with Gasteiger partial charge in [0.2, 0.25) is 5.56 Å². The summed E-state index contributed by atoms with van der Waals surface area (Å²) in [5.41, 5.74) is 7.38. The van der Waals surface area contributed by atoms with Crippen LogP contribution in [0.1, 0.15) is 12.8 Å². The molecule has 152 valence electrons. The lowest BCUT2D eigenvalue weighted by atomic mass is 10.2. The van der Waals surface area contributed by atoms with Crippen LogP contribution < -0.4 is 16.2 Å². The van der Waals surface area contributed by atoms with Crippen LogP contribution in [0.3, 0.4) is 0 Å². The van der Waals surface area contributed by atoms with Crippen LogP contribution in [0.2, 0.25) is 5.02 Å². The summed E-state index contributed by atoms with van der Waals surface area (Å²) in [7, 11) is 0. The predicted octanol–water partition coefficient (Wildman–Crippen LogP) is 3.04. The number of hydrogen-bond acceptors (Lipinski definition) is 3. The fraction of sp³-hybridized carbons (Fsp3) is 0.400. The fourth-order valence-corrected chi connectivity index (χ4v) is 3.30. The summed E-state index contributed by atoms with van der Waals surface area (Å²) >= 11 is 5.95. The molecule has 1 aliphatic heterocycles. The van der Waals surface area contributed by atoms with Crippen LogP contribution >= 0.6 is 35.6 Å². The molecule has 1 aliphatic rings. The van der Waals surface area contributed by atoms with Crippen molar-refractivity contribution in [2.75, 3.05) is 37.6 Å². The third-order valence-electron chi connectivity index (χ3n) is 4.78. The molecule has 6 nitrogen and oxygen atoms in total. The number of rotatable bonds is 6. The highest BCUT2D eigenvalue weighted by Gasteiger charge is 2.18. The third-order valence-corrected chi connectivity index (χ3v) is 5.03. The van der Waals surface area contributed by atoms with Crippen LogP contribution in [0.5, 0.6) is 0 Å². The van der Waals surface area contributed by atoms with Gasteiger partial charge in [-0.3, -0.25) is 9.79 Å². The Morgan fingerprint density at radius 2 is 1.75 bits per heavy atom. The molecule has 3 rings (SSSR count). The van der Waals surface area contributed by atoms with Crippen molar-refractivity contribution in [2.45, 2.75) is 19.4 Å². The van der Waals surface area contributed by atoms with Crippen LogP contribution in [0.25, 0.3) is 0 Å². The fourth-order valence-electron chi connectivity index (χ4n) is 3.18. The van der Waals surface area contributed by atoms with E-state index in [9.17, 15) is 4.79 Å². The molecule has 2 N–H and O–H groups in total. The first kappa shape index (κ1) is 22.5. The van der Waals surface area contributed by atoms with Crippen molar-refractivity contribution < 1.29 is 0 Å². The Kier molecular flexibility index (Phi) is 9.11. The summed E-state index contributed by atoms with van der Waals surface area (Å²) in [5.74, 6) is 0.614. The maximum atomic E-state index is 11.6. The molecule has 0 bridgehead atoms. The molecule has 0 aliphatic carbocycles. The SMILES string of the molecule is I.NC(=NCCCCn1ccccc1=O)N1CCN(c2ccc(Cl)cc2)CC1. The van der Waals surface area contributed by atoms with E-state index in [0.717, 1.165) is 50.6 Å². The second-order valence-corrected chi connectivity index (χ2v) is 7.07. The molecule has 2 aromatic rings. The molecule has 2 heterocycles. The maximum Gasteiger partial charge on any atom is 0.250 e. The van der Waals surface area contributed by atoms with E-state index >= 15 is 0 Å². The van der Waals surface area contributed by atoms with Gasteiger partial charge < -0.3 is 20.1 Å². The van der Waals surface area contributed by atoms with Crippen LogP contribution in [-0.2, 0) is 6.54 Å². The Hall–Kier alpha value is -1.74. The van der Waals surface area contributed by atoms with Crippen molar-refractivity contribution in [3.63, 3.8) is 0 Å². The van der Waals surface area contributed by atoms with E-state index in [2.05, 4.69) is 14.8 Å². The first-order valence-electron chi connectivity index (χ1n) is 9.34. The number of aliphatic imine (C=N–C) groups is 1. The van der Waals surface area contributed by atoms with Crippen LogP contribution in [0, 0.1) is 0 Å². The first-order valence-corrected chi connectivity index (χ1v) is 9.72. The summed E-state index contributed by atoms with van der Waals surface area (Å²) in [4.78, 5) is 20.6. The molecule has 0 spiro atoms. The third kappa shape index (κ3) is 6.41. The second-order valence-electron chi connectivity index (χ2n) is 6.63. The highest BCUT2D eigenvalue weighted by atomic mass is 127. The summed E-state index contributed by atoms with van der Waals surface area (Å²) in [6, 6.07) is 13.2. The van der Waals surface area contributed by atoms with Crippen molar-refractivity contribution in [3.05, 3.63) is 64.0 Å². The van der Waals surface area contributed by atoms with Gasteiger partial charge in [-0.25, -0.2) is 0 Å². The molecule has 1 saturated heterocycles. The zero-order chi connectivity index (χ0) is 19.1. The van der Waals surface area contributed by atoms with Crippen molar-refractivity contribution in [1.29, 1.82) is 0 Å². The van der Waals surface area contributed by atoms with Gasteiger partial charge in [0, 0.05) is 62.2 Å². The zero-order valence-corrected chi connectivity index (χ0v) is 18.9. The zero-order valence-electron chi connectivity index (χ0n) is 15.8. The van der Waals surface area contributed by atoms with Crippen molar-refractivity contribution in [3.8, 4) is 0 Å². The summed E-state index contributed by atoms with van der Waals surface area (Å²) < 4.78 is 1.73. The lowest BCUT2D eigenvalue weighted by molar-refractivity contribution is 0.380. The standard InChI is InChI=1S/C20H26ClN5O.HI/c21-17-6-8-18(9-7-17)24-13-15-26(16-14-24)20(22)23-10-2-4-12-25-11-3-1-5-19(25)27;/h1,3,5-9,11H,2,4,10,12-16H2,(H2,22,23);1H. The molecule has 1 aromatic heterocycles. The smallest absolute Gasteiger partial charge is 0.250 e. The van der Waals surface area contributed by atoms with Gasteiger partial charge in [0.25, 0.3) is 0 Å². The molecule has 1 fully saturated rings. The number of benzene rings is 1. The molecular formula is C20H27ClIN5O. The van der Waals surface area contributed by atoms with E-state index < -0.39 is 0 Å². The average molecular weight is 516 g/mol. The van der Waals surface area contributed by atoms with Gasteiger partial charge in [-0.05, 0) is 43.2 Å². The monoisotopic (exact) mass is 515 g/mol. The van der Waals surface area contributed by atoms with Gasteiger partial charge in [0.15, 0.2) is 5.96 Å². The Balaban J connectivity index is 0.00000280. The van der Waals surface area contributed by atoms with E-state index in [0.29, 0.717) is 12.5 Å². The summed E-state index contributed by atoms with van der Waals surface area (Å²) in [6.07, 6.45) is 3.64. The number of halogens is 2. The van der Waals surface area contributed by atoms with E-state index in [1.165, 1.54) is 5.69 Å². The first-order chi connectivity index (χ1) is 13.1. The Morgan fingerprint density at radius 3 is 2.43 bits per heavy atom. The van der Waals surface area contributed by atoms with Crippen LogP contribution in [0.4, 0.5) is 5.69 Å². The minimum absolute atomic E-state index is 0. The van der Waals surface area contributed by atoms with Gasteiger partial charge in [0.05, 0.1) is 0 Å². The number of nitrogens with zero attached hydrogens (tertiary/aromatic N) is 4. The Bertz CT molecular complexity index is 816. The quantitative estimate of drug-likeness (QED) is 0.278. The number of anilines is 1. The minimum atomic E-state index is 0. The number of hydrogen-bond donors (Lipinski definition) is 1. The largest absolute Gasteiger partial charge is 0.370 e. The van der Waals surface area contributed by atoms with Crippen molar-refractivity contribution in [1.82, 2.24) is 9.47 Å². The van der Waals surface area contributed by atoms with Crippen molar-refractivity contribution >= 4 is 47.2 Å². The van der Waals surface area contributed by atoms with E-state index in [1.54, 1.807) is 16.7 Å². The van der Waals surface area contributed by atoms with Crippen LogP contribution in [0.15, 0.2) is 58.4 Å². The molecule has 0 amide bonds. The minimum Gasteiger partial charge on any atom is -0.370 e. The molecule has 0 unspecified atom stereocenters. The lowest BCUT2D eigenvalue weighted by Crippen LogP contribution is -2.51. The number of aryl methyl sites for hydroxylation is 1. The Morgan fingerprint density at radius 1 is 1.04 bits per heavy atom. The molecule has 0 radical (unpaired) electrons. The number of unbranched alkanes of at least 4 members (excludes halogenated alkanes) is 1. The number of pyridine rings is 1. The van der Waals surface area contributed by atoms with Gasteiger partial charge in [-0.1, -0.05) is 17.7 Å². The van der Waals surface area contributed by atoms with E-state index in [1.807, 2.05) is 36.5 Å². The highest BCUT2D eigenvalue weighted by Crippen LogP contribution is 2.19. The number of guanidine groups is 1. The lowest BCUT2D eigenvalue weighted by Gasteiger charge is -2.36. The number of piperazine rings is 1. The molecule has 1 aromatic carbocycles. The molecule has 0 saturated carbocycles. The van der Waals surface area contributed by atoms with E-state index in [4.69, 9.17) is 17.3 Å². The molecule has 8 heteroatoms. The van der Waals surface area contributed by atoms with Crippen molar-refractivity contribution in [2.24, 2.45) is 10.7 Å². The maximum absolute atomic E-state index is 11.6. The topological polar surface area (TPSA) is 66.9 Å². The van der Waals surface area contributed by atoms with Gasteiger partial charge in [-0.15, -0.1) is 24.0 Å². The average Bonchev–Trinajstić information content (AvgIpc) is 2.69. The van der Waals surface area contributed by atoms with E-state index in [-0.39, 0.29) is 29.5 Å². The highest BCUT2D eigenvalue weighted by molar-refractivity contribution is 14.0. The molecular weight excluding hydrogens is 489 g/mol. The number of nitrogens with two attached hydrogens (primary N) is 1.